The van der Waals surface area contributed by atoms with E-state index in [0.717, 1.165) is 71.1 Å². The third kappa shape index (κ3) is 6.74. The first-order valence-electron chi connectivity index (χ1n) is 10.1. The van der Waals surface area contributed by atoms with Crippen molar-refractivity contribution in [1.82, 2.24) is 15.2 Å². The minimum atomic E-state index is 0. The number of ether oxygens (including phenoxy) is 1. The van der Waals surface area contributed by atoms with Crippen LogP contribution in [0, 0.1) is 0 Å². The van der Waals surface area contributed by atoms with E-state index in [0.29, 0.717) is 6.10 Å². The van der Waals surface area contributed by atoms with Crippen LogP contribution in [0.2, 0.25) is 0 Å². The summed E-state index contributed by atoms with van der Waals surface area (Å²) in [5.41, 5.74) is 1.17. The Morgan fingerprint density at radius 3 is 2.67 bits per heavy atom. The van der Waals surface area contributed by atoms with Gasteiger partial charge in [-0.1, -0.05) is 0 Å². The molecule has 0 radical (unpaired) electrons. The van der Waals surface area contributed by atoms with Gasteiger partial charge in [0, 0.05) is 57.7 Å². The molecule has 3 heterocycles. The molecule has 0 aromatic carbocycles. The number of aromatic nitrogens is 1. The Balaban J connectivity index is 0.00000261. The van der Waals surface area contributed by atoms with E-state index in [4.69, 9.17) is 14.7 Å². The average molecular weight is 507 g/mol. The molecule has 0 spiro atoms. The summed E-state index contributed by atoms with van der Waals surface area (Å²) in [5, 5.41) is 6.83. The minimum Gasteiger partial charge on any atom is -0.378 e. The van der Waals surface area contributed by atoms with Gasteiger partial charge in [-0.3, -0.25) is 4.99 Å². The summed E-state index contributed by atoms with van der Waals surface area (Å²) < 4.78 is 5.76. The van der Waals surface area contributed by atoms with E-state index in [2.05, 4.69) is 34.3 Å². The number of hydrogen-bond acceptors (Lipinski definition) is 5. The van der Waals surface area contributed by atoms with Crippen molar-refractivity contribution in [3.63, 3.8) is 0 Å². The Hall–Kier alpha value is -0.610. The molecule has 1 aromatic heterocycles. The van der Waals surface area contributed by atoms with Crippen molar-refractivity contribution in [2.24, 2.45) is 4.99 Å². The second kappa shape index (κ2) is 12.1. The highest BCUT2D eigenvalue weighted by atomic mass is 127. The van der Waals surface area contributed by atoms with Crippen molar-refractivity contribution in [2.75, 3.05) is 50.8 Å². The Bertz CT molecular complexity index is 568. The van der Waals surface area contributed by atoms with E-state index in [1.54, 1.807) is 11.3 Å². The molecule has 0 aliphatic carbocycles. The van der Waals surface area contributed by atoms with Gasteiger partial charge in [0.1, 0.15) is 0 Å². The van der Waals surface area contributed by atoms with E-state index < -0.39 is 0 Å². The highest BCUT2D eigenvalue weighted by Crippen LogP contribution is 2.24. The third-order valence-electron chi connectivity index (χ3n) is 5.02. The summed E-state index contributed by atoms with van der Waals surface area (Å²) in [6.07, 6.45) is 6.09. The molecule has 2 aliphatic rings. The number of hydrogen-bond donors (Lipinski definition) is 1. The van der Waals surface area contributed by atoms with Crippen LogP contribution < -0.4 is 10.2 Å². The van der Waals surface area contributed by atoms with Gasteiger partial charge in [-0.25, -0.2) is 4.98 Å². The molecule has 2 aliphatic heterocycles. The van der Waals surface area contributed by atoms with Crippen LogP contribution in [0.1, 0.15) is 45.2 Å². The fourth-order valence-electron chi connectivity index (χ4n) is 3.64. The zero-order chi connectivity index (χ0) is 18.2. The molecular formula is C19H34IN5OS. The van der Waals surface area contributed by atoms with Crippen LogP contribution >= 0.6 is 35.3 Å². The van der Waals surface area contributed by atoms with Crippen molar-refractivity contribution in [3.8, 4) is 0 Å². The summed E-state index contributed by atoms with van der Waals surface area (Å²) in [7, 11) is 0. The van der Waals surface area contributed by atoms with Gasteiger partial charge in [-0.2, -0.15) is 0 Å². The first kappa shape index (κ1) is 22.7. The maximum Gasteiger partial charge on any atom is 0.193 e. The first-order chi connectivity index (χ1) is 12.8. The van der Waals surface area contributed by atoms with Gasteiger partial charge < -0.3 is 19.9 Å². The normalized spacial score (nSPS) is 18.7. The van der Waals surface area contributed by atoms with Crippen LogP contribution in [0.4, 0.5) is 5.13 Å². The van der Waals surface area contributed by atoms with Gasteiger partial charge in [-0.05, 0) is 39.5 Å². The van der Waals surface area contributed by atoms with Gasteiger partial charge in [-0.15, -0.1) is 35.3 Å². The van der Waals surface area contributed by atoms with Gasteiger partial charge >= 0.3 is 0 Å². The molecule has 0 unspecified atom stereocenters. The van der Waals surface area contributed by atoms with E-state index in [1.165, 1.54) is 23.7 Å². The average Bonchev–Trinajstić information content (AvgIpc) is 3.34. The zero-order valence-corrected chi connectivity index (χ0v) is 19.8. The summed E-state index contributed by atoms with van der Waals surface area (Å²) in [4.78, 5) is 14.4. The number of piperidine rings is 1. The Kier molecular flexibility index (Phi) is 10.1. The highest BCUT2D eigenvalue weighted by Gasteiger charge is 2.21. The SMILES string of the molecule is CCNC(=NCCc1csc(N2CCCC2)n1)N1CCC(OCC)CC1.I. The van der Waals surface area contributed by atoms with E-state index >= 15 is 0 Å². The van der Waals surface area contributed by atoms with Gasteiger partial charge in [0.15, 0.2) is 11.1 Å². The maximum atomic E-state index is 5.76. The van der Waals surface area contributed by atoms with Gasteiger partial charge in [0.2, 0.25) is 0 Å². The highest BCUT2D eigenvalue weighted by molar-refractivity contribution is 14.0. The largest absolute Gasteiger partial charge is 0.378 e. The van der Waals surface area contributed by atoms with Crippen molar-refractivity contribution in [3.05, 3.63) is 11.1 Å². The van der Waals surface area contributed by atoms with E-state index in [1.807, 2.05) is 0 Å². The lowest BCUT2D eigenvalue weighted by Gasteiger charge is -2.34. The van der Waals surface area contributed by atoms with Gasteiger partial charge in [0.05, 0.1) is 11.8 Å². The molecule has 27 heavy (non-hydrogen) atoms. The Morgan fingerprint density at radius 2 is 2.00 bits per heavy atom. The van der Waals surface area contributed by atoms with Crippen molar-refractivity contribution < 1.29 is 4.74 Å². The predicted molar refractivity (Wildman–Crippen MR) is 125 cm³/mol. The Morgan fingerprint density at radius 1 is 1.26 bits per heavy atom. The quantitative estimate of drug-likeness (QED) is 0.349. The number of halogens is 1. The molecule has 8 heteroatoms. The van der Waals surface area contributed by atoms with E-state index in [9.17, 15) is 0 Å². The van der Waals surface area contributed by atoms with Crippen LogP contribution in [0.3, 0.4) is 0 Å². The van der Waals surface area contributed by atoms with Crippen LogP contribution in [0.5, 0.6) is 0 Å². The predicted octanol–water partition coefficient (Wildman–Crippen LogP) is 3.37. The fraction of sp³-hybridized carbons (Fsp3) is 0.789. The molecule has 6 nitrogen and oxygen atoms in total. The van der Waals surface area contributed by atoms with Crippen molar-refractivity contribution in [2.45, 2.75) is 52.1 Å². The molecule has 0 atom stereocenters. The summed E-state index contributed by atoms with van der Waals surface area (Å²) in [6.45, 7) is 11.1. The number of likely N-dealkylation sites (tertiary alicyclic amines) is 1. The summed E-state index contributed by atoms with van der Waals surface area (Å²) >= 11 is 1.78. The molecule has 0 amide bonds. The van der Waals surface area contributed by atoms with Crippen LogP contribution in [-0.4, -0.2) is 67.8 Å². The number of nitrogens with one attached hydrogen (secondary N) is 1. The topological polar surface area (TPSA) is 53.0 Å². The number of anilines is 1. The molecule has 0 saturated carbocycles. The molecule has 2 saturated heterocycles. The second-order valence-corrected chi connectivity index (χ2v) is 7.78. The molecular weight excluding hydrogens is 473 g/mol. The number of guanidine groups is 1. The lowest BCUT2D eigenvalue weighted by molar-refractivity contribution is 0.0264. The maximum absolute atomic E-state index is 5.76. The molecule has 154 valence electrons. The second-order valence-electron chi connectivity index (χ2n) is 6.94. The Labute approximate surface area is 184 Å². The first-order valence-corrected chi connectivity index (χ1v) is 11.0. The number of rotatable bonds is 7. The lowest BCUT2D eigenvalue weighted by atomic mass is 10.1. The molecule has 1 N–H and O–H groups in total. The minimum absolute atomic E-state index is 0. The number of aliphatic imine (C=N–C) groups is 1. The standard InChI is InChI=1S/C19H33N5OS.HI/c1-3-20-18(23-13-8-17(9-14-23)25-4-2)21-10-7-16-15-26-19(22-16)24-11-5-6-12-24;/h15,17H,3-14H2,1-2H3,(H,20,21);1H. The number of thiazole rings is 1. The van der Waals surface area contributed by atoms with Gasteiger partial charge in [0.25, 0.3) is 0 Å². The monoisotopic (exact) mass is 507 g/mol. The molecule has 3 rings (SSSR count). The molecule has 2 fully saturated rings. The smallest absolute Gasteiger partial charge is 0.193 e. The van der Waals surface area contributed by atoms with Crippen molar-refractivity contribution in [1.29, 1.82) is 0 Å². The van der Waals surface area contributed by atoms with Crippen LogP contribution in [0.15, 0.2) is 10.4 Å². The van der Waals surface area contributed by atoms with Crippen molar-refractivity contribution >= 4 is 46.4 Å². The number of nitrogens with zero attached hydrogens (tertiary/aromatic N) is 4. The fourth-order valence-corrected chi connectivity index (χ4v) is 4.55. The van der Waals surface area contributed by atoms with Crippen LogP contribution in [-0.2, 0) is 11.2 Å². The van der Waals surface area contributed by atoms with E-state index in [-0.39, 0.29) is 24.0 Å². The molecule has 0 bridgehead atoms. The third-order valence-corrected chi connectivity index (χ3v) is 5.97. The molecule has 1 aromatic rings. The summed E-state index contributed by atoms with van der Waals surface area (Å²) in [5.74, 6) is 1.04. The lowest BCUT2D eigenvalue weighted by Crippen LogP contribution is -2.47. The summed E-state index contributed by atoms with van der Waals surface area (Å²) in [6, 6.07) is 0. The zero-order valence-electron chi connectivity index (χ0n) is 16.7. The van der Waals surface area contributed by atoms with Crippen LogP contribution in [0.25, 0.3) is 0 Å².